The van der Waals surface area contributed by atoms with Gasteiger partial charge in [0.15, 0.2) is 5.96 Å². The molecular weight excluding hydrogens is 376 g/mol. The summed E-state index contributed by atoms with van der Waals surface area (Å²) in [5, 5.41) is 7.02. The Balaban J connectivity index is 1.89. The van der Waals surface area contributed by atoms with Crippen LogP contribution in [0.5, 0.6) is 5.75 Å². The number of nitrogens with zero attached hydrogens (tertiary/aromatic N) is 2. The van der Waals surface area contributed by atoms with Crippen LogP contribution in [0.1, 0.15) is 59.9 Å². The van der Waals surface area contributed by atoms with Gasteiger partial charge >= 0.3 is 0 Å². The molecule has 0 saturated carbocycles. The normalized spacial score (nSPS) is 16.7. The van der Waals surface area contributed by atoms with Crippen LogP contribution in [0, 0.1) is 0 Å². The van der Waals surface area contributed by atoms with Gasteiger partial charge in [-0.3, -0.25) is 0 Å². The Morgan fingerprint density at radius 3 is 2.53 bits per heavy atom. The second-order valence-corrected chi connectivity index (χ2v) is 9.20. The van der Waals surface area contributed by atoms with Crippen LogP contribution in [0.2, 0.25) is 0 Å². The summed E-state index contributed by atoms with van der Waals surface area (Å²) in [5.41, 5.74) is 0.876. The highest BCUT2D eigenvalue weighted by Crippen LogP contribution is 2.23. The van der Waals surface area contributed by atoms with Crippen LogP contribution in [0.15, 0.2) is 29.3 Å². The molecule has 2 rings (SSSR count). The molecule has 0 amide bonds. The van der Waals surface area contributed by atoms with E-state index in [-0.39, 0.29) is 5.60 Å². The van der Waals surface area contributed by atoms with Gasteiger partial charge in [-0.1, -0.05) is 18.2 Å². The lowest BCUT2D eigenvalue weighted by Crippen LogP contribution is -2.49. The molecule has 1 saturated heterocycles. The molecular formula is C24H42N4O2. The summed E-state index contributed by atoms with van der Waals surface area (Å²) in [6.07, 6.45) is 2.55. The van der Waals surface area contributed by atoms with Crippen LogP contribution in [0.25, 0.3) is 0 Å². The summed E-state index contributed by atoms with van der Waals surface area (Å²) < 4.78 is 11.8. The van der Waals surface area contributed by atoms with Gasteiger partial charge < -0.3 is 25.0 Å². The molecule has 1 aromatic carbocycles. The lowest BCUT2D eigenvalue weighted by molar-refractivity contribution is 0.0532. The van der Waals surface area contributed by atoms with Crippen molar-refractivity contribution in [1.29, 1.82) is 0 Å². The fraction of sp³-hybridized carbons (Fsp3) is 0.708. The maximum absolute atomic E-state index is 6.11. The van der Waals surface area contributed by atoms with Crippen molar-refractivity contribution in [3.8, 4) is 5.75 Å². The number of rotatable bonds is 9. The predicted molar refractivity (Wildman–Crippen MR) is 125 cm³/mol. The van der Waals surface area contributed by atoms with Crippen LogP contribution in [0.4, 0.5) is 0 Å². The van der Waals surface area contributed by atoms with Gasteiger partial charge in [0.05, 0.1) is 19.3 Å². The maximum Gasteiger partial charge on any atom is 0.191 e. The van der Waals surface area contributed by atoms with Crippen LogP contribution >= 0.6 is 0 Å². The average molecular weight is 419 g/mol. The van der Waals surface area contributed by atoms with Gasteiger partial charge in [0, 0.05) is 37.8 Å². The predicted octanol–water partition coefficient (Wildman–Crippen LogP) is 3.81. The third-order valence-electron chi connectivity index (χ3n) is 4.93. The number of hydrogen-bond donors (Lipinski definition) is 2. The second-order valence-electron chi connectivity index (χ2n) is 9.20. The summed E-state index contributed by atoms with van der Waals surface area (Å²) in [6.45, 7) is 18.0. The molecule has 1 aliphatic rings. The number of hydrogen-bond acceptors (Lipinski definition) is 4. The van der Waals surface area contributed by atoms with Crippen LogP contribution in [-0.2, 0) is 11.3 Å². The maximum atomic E-state index is 6.11. The van der Waals surface area contributed by atoms with Gasteiger partial charge in [0.1, 0.15) is 11.4 Å². The highest BCUT2D eigenvalue weighted by molar-refractivity contribution is 5.80. The molecule has 1 aliphatic heterocycles. The summed E-state index contributed by atoms with van der Waals surface area (Å²) in [6, 6.07) is 8.62. The summed E-state index contributed by atoms with van der Waals surface area (Å²) in [7, 11) is 0. The Morgan fingerprint density at radius 2 is 1.90 bits per heavy atom. The van der Waals surface area contributed by atoms with Gasteiger partial charge in [-0.05, 0) is 60.5 Å². The number of piperidine rings is 1. The van der Waals surface area contributed by atoms with Crippen molar-refractivity contribution in [2.75, 3.05) is 32.8 Å². The first-order chi connectivity index (χ1) is 14.3. The van der Waals surface area contributed by atoms with E-state index in [4.69, 9.17) is 14.5 Å². The Bertz CT molecular complexity index is 647. The number of para-hydroxylation sites is 1. The monoisotopic (exact) mass is 418 g/mol. The summed E-state index contributed by atoms with van der Waals surface area (Å²) in [5.74, 6) is 1.78. The first kappa shape index (κ1) is 24.5. The third kappa shape index (κ3) is 9.35. The summed E-state index contributed by atoms with van der Waals surface area (Å²) in [4.78, 5) is 7.33. The van der Waals surface area contributed by atoms with Crippen molar-refractivity contribution < 1.29 is 9.47 Å². The smallest absolute Gasteiger partial charge is 0.191 e. The van der Waals surface area contributed by atoms with Gasteiger partial charge in [-0.25, -0.2) is 4.99 Å². The molecule has 1 aromatic rings. The molecule has 6 nitrogen and oxygen atoms in total. The highest BCUT2D eigenvalue weighted by Gasteiger charge is 2.20. The van der Waals surface area contributed by atoms with Gasteiger partial charge in [-0.15, -0.1) is 0 Å². The van der Waals surface area contributed by atoms with E-state index in [0.717, 1.165) is 62.9 Å². The molecule has 0 aliphatic carbocycles. The number of aliphatic imine (C=N–C) groups is 1. The standard InChI is InChI=1S/C24H42N4O2/c1-7-25-23(26-18-20-10-8-9-11-22(20)30-24(4,5)6)27-21-12-14-28(15-13-21)16-17-29-19(2)3/h8-11,19,21H,7,12-18H2,1-6H3,(H2,25,26,27). The molecule has 1 heterocycles. The molecule has 0 radical (unpaired) electrons. The van der Waals surface area contributed by atoms with E-state index in [1.54, 1.807) is 0 Å². The van der Waals surface area contributed by atoms with E-state index < -0.39 is 0 Å². The lowest BCUT2D eigenvalue weighted by Gasteiger charge is -2.33. The lowest BCUT2D eigenvalue weighted by atomic mass is 10.1. The van der Waals surface area contributed by atoms with Crippen LogP contribution in [0.3, 0.4) is 0 Å². The van der Waals surface area contributed by atoms with E-state index in [9.17, 15) is 0 Å². The molecule has 0 bridgehead atoms. The van der Waals surface area contributed by atoms with Gasteiger partial charge in [0.2, 0.25) is 0 Å². The Morgan fingerprint density at radius 1 is 1.20 bits per heavy atom. The van der Waals surface area contributed by atoms with Crippen molar-refractivity contribution >= 4 is 5.96 Å². The zero-order valence-corrected chi connectivity index (χ0v) is 19.8. The van der Waals surface area contributed by atoms with Crippen molar-refractivity contribution in [3.63, 3.8) is 0 Å². The minimum atomic E-state index is -0.225. The minimum absolute atomic E-state index is 0.225. The number of nitrogens with one attached hydrogen (secondary N) is 2. The zero-order valence-electron chi connectivity index (χ0n) is 19.8. The van der Waals surface area contributed by atoms with Crippen molar-refractivity contribution in [3.05, 3.63) is 29.8 Å². The molecule has 2 N–H and O–H groups in total. The van der Waals surface area contributed by atoms with E-state index in [1.165, 1.54) is 0 Å². The average Bonchev–Trinajstić information content (AvgIpc) is 2.67. The largest absolute Gasteiger partial charge is 0.488 e. The first-order valence-electron chi connectivity index (χ1n) is 11.4. The minimum Gasteiger partial charge on any atom is -0.488 e. The molecule has 0 aromatic heterocycles. The molecule has 170 valence electrons. The third-order valence-corrected chi connectivity index (χ3v) is 4.93. The quantitative estimate of drug-likeness (QED) is 0.472. The van der Waals surface area contributed by atoms with E-state index in [1.807, 2.05) is 18.2 Å². The molecule has 1 fully saturated rings. The van der Waals surface area contributed by atoms with Crippen molar-refractivity contribution in [2.45, 2.75) is 78.7 Å². The molecule has 30 heavy (non-hydrogen) atoms. The van der Waals surface area contributed by atoms with E-state index in [2.05, 4.69) is 63.1 Å². The molecule has 0 spiro atoms. The summed E-state index contributed by atoms with van der Waals surface area (Å²) >= 11 is 0. The van der Waals surface area contributed by atoms with E-state index >= 15 is 0 Å². The van der Waals surface area contributed by atoms with Crippen molar-refractivity contribution in [2.24, 2.45) is 4.99 Å². The Labute approximate surface area is 183 Å². The number of benzene rings is 1. The van der Waals surface area contributed by atoms with Crippen LogP contribution < -0.4 is 15.4 Å². The Kier molecular flexibility index (Phi) is 9.92. The second kappa shape index (κ2) is 12.2. The first-order valence-corrected chi connectivity index (χ1v) is 11.4. The molecule has 0 atom stereocenters. The van der Waals surface area contributed by atoms with E-state index in [0.29, 0.717) is 18.7 Å². The Hall–Kier alpha value is -1.79. The van der Waals surface area contributed by atoms with Crippen LogP contribution in [-0.4, -0.2) is 61.4 Å². The topological polar surface area (TPSA) is 58.1 Å². The van der Waals surface area contributed by atoms with Gasteiger partial charge in [0.25, 0.3) is 0 Å². The molecule has 0 unspecified atom stereocenters. The van der Waals surface area contributed by atoms with Crippen molar-refractivity contribution in [1.82, 2.24) is 15.5 Å². The van der Waals surface area contributed by atoms with Gasteiger partial charge in [-0.2, -0.15) is 0 Å². The zero-order chi connectivity index (χ0) is 22.0. The number of likely N-dealkylation sites (tertiary alicyclic amines) is 1. The fourth-order valence-corrected chi connectivity index (χ4v) is 3.46. The number of guanidine groups is 1. The fourth-order valence-electron chi connectivity index (χ4n) is 3.46. The molecule has 6 heteroatoms. The highest BCUT2D eigenvalue weighted by atomic mass is 16.5. The SMILES string of the molecule is CCNC(=NCc1ccccc1OC(C)(C)C)NC1CCN(CCOC(C)C)CC1. The number of ether oxygens (including phenoxy) is 2.